The van der Waals surface area contributed by atoms with Crippen LogP contribution in [-0.2, 0) is 16.0 Å². The van der Waals surface area contributed by atoms with Gasteiger partial charge >= 0.3 is 0 Å². The van der Waals surface area contributed by atoms with Gasteiger partial charge in [0.15, 0.2) is 0 Å². The summed E-state index contributed by atoms with van der Waals surface area (Å²) in [5.41, 5.74) is 2.94. The van der Waals surface area contributed by atoms with Gasteiger partial charge in [0, 0.05) is 43.3 Å². The number of carbonyl (C=O) groups is 3. The van der Waals surface area contributed by atoms with Crippen molar-refractivity contribution in [2.75, 3.05) is 50.8 Å². The minimum Gasteiger partial charge on any atom is -0.494 e. The van der Waals surface area contributed by atoms with Crippen molar-refractivity contribution < 1.29 is 19.1 Å². The molecule has 0 spiro atoms. The van der Waals surface area contributed by atoms with Gasteiger partial charge in [-0.1, -0.05) is 18.2 Å². The average molecular weight is 547 g/mol. The smallest absolute Gasteiger partial charge is 0.253 e. The van der Waals surface area contributed by atoms with Crippen LogP contribution in [0.15, 0.2) is 48.5 Å². The van der Waals surface area contributed by atoms with E-state index in [2.05, 4.69) is 16.3 Å². The molecule has 3 heterocycles. The first-order valence-corrected chi connectivity index (χ1v) is 15.0. The van der Waals surface area contributed by atoms with E-state index in [0.717, 1.165) is 63.1 Å². The highest BCUT2D eigenvalue weighted by atomic mass is 16.5. The molecule has 2 aromatic rings. The molecule has 2 aromatic carbocycles. The van der Waals surface area contributed by atoms with Crippen LogP contribution in [0.25, 0.3) is 0 Å². The zero-order valence-corrected chi connectivity index (χ0v) is 23.5. The number of para-hydroxylation sites is 1. The van der Waals surface area contributed by atoms with Gasteiger partial charge in [0.25, 0.3) is 5.91 Å². The van der Waals surface area contributed by atoms with Gasteiger partial charge in [0.2, 0.25) is 11.8 Å². The summed E-state index contributed by atoms with van der Waals surface area (Å²) in [4.78, 5) is 44.0. The monoisotopic (exact) mass is 546 g/mol. The number of nitrogens with zero attached hydrogens (tertiary/aromatic N) is 3. The maximum absolute atomic E-state index is 13.1. The summed E-state index contributed by atoms with van der Waals surface area (Å²) >= 11 is 0. The molecule has 3 amide bonds. The fourth-order valence-corrected chi connectivity index (χ4v) is 6.08. The number of aryl methyl sites for hydroxylation is 1. The standard InChI is InChI=1S/C32H42N4O4/c37-30(24-34-19-5-6-20-34)33-18-4-1-7-23-40-28-13-10-26(11-14-28)32(39)35-21-16-27(17-22-35)36-29-9-3-2-8-25(29)12-15-31(36)38/h2-3,8-11,13-14,27H,1,4-7,12,15-24H2,(H,33,37). The zero-order chi connectivity index (χ0) is 27.7. The number of nitrogens with one attached hydrogen (secondary N) is 1. The van der Waals surface area contributed by atoms with E-state index < -0.39 is 0 Å². The summed E-state index contributed by atoms with van der Waals surface area (Å²) in [6.45, 7) is 5.21. The molecule has 1 N–H and O–H groups in total. The van der Waals surface area contributed by atoms with E-state index in [1.54, 1.807) is 0 Å². The van der Waals surface area contributed by atoms with Gasteiger partial charge in [-0.25, -0.2) is 0 Å². The van der Waals surface area contributed by atoms with E-state index in [9.17, 15) is 14.4 Å². The number of rotatable bonds is 11. The molecule has 5 rings (SSSR count). The Kier molecular flexibility index (Phi) is 9.71. The third kappa shape index (κ3) is 7.22. The fraction of sp³-hybridized carbons (Fsp3) is 0.531. The van der Waals surface area contributed by atoms with Crippen LogP contribution >= 0.6 is 0 Å². The average Bonchev–Trinajstić information content (AvgIpc) is 3.50. The second kappa shape index (κ2) is 13.8. The summed E-state index contributed by atoms with van der Waals surface area (Å²) in [5.74, 6) is 1.11. The summed E-state index contributed by atoms with van der Waals surface area (Å²) < 4.78 is 5.87. The second-order valence-corrected chi connectivity index (χ2v) is 11.2. The van der Waals surface area contributed by atoms with Crippen molar-refractivity contribution in [1.29, 1.82) is 0 Å². The number of fused-ring (bicyclic) bond motifs is 1. The molecule has 8 nitrogen and oxygen atoms in total. The molecule has 0 aromatic heterocycles. The van der Waals surface area contributed by atoms with Crippen molar-refractivity contribution in [1.82, 2.24) is 15.1 Å². The summed E-state index contributed by atoms with van der Waals surface area (Å²) in [6.07, 6.45) is 8.19. The molecule has 3 aliphatic heterocycles. The first-order valence-electron chi connectivity index (χ1n) is 15.0. The number of carbonyl (C=O) groups excluding carboxylic acids is 3. The lowest BCUT2D eigenvalue weighted by Crippen LogP contribution is -2.50. The molecule has 2 saturated heterocycles. The Balaban J connectivity index is 0.990. The SMILES string of the molecule is O=C(CN1CCCC1)NCCCCCOc1ccc(C(=O)N2CCC(N3C(=O)CCc4ccccc43)CC2)cc1. The second-order valence-electron chi connectivity index (χ2n) is 11.2. The van der Waals surface area contributed by atoms with Crippen molar-refractivity contribution >= 4 is 23.4 Å². The molecule has 0 aliphatic carbocycles. The van der Waals surface area contributed by atoms with Crippen molar-refractivity contribution in [3.63, 3.8) is 0 Å². The van der Waals surface area contributed by atoms with E-state index in [1.807, 2.05) is 52.3 Å². The predicted molar refractivity (Wildman–Crippen MR) is 156 cm³/mol. The zero-order valence-electron chi connectivity index (χ0n) is 23.5. The van der Waals surface area contributed by atoms with Crippen molar-refractivity contribution in [2.45, 2.75) is 63.8 Å². The van der Waals surface area contributed by atoms with Crippen LogP contribution < -0.4 is 15.0 Å². The summed E-state index contributed by atoms with van der Waals surface area (Å²) in [6, 6.07) is 15.7. The van der Waals surface area contributed by atoms with Crippen molar-refractivity contribution in [3.8, 4) is 5.75 Å². The quantitative estimate of drug-likeness (QED) is 0.431. The number of hydrogen-bond acceptors (Lipinski definition) is 5. The van der Waals surface area contributed by atoms with Gasteiger partial charge < -0.3 is 19.9 Å². The third-order valence-corrected chi connectivity index (χ3v) is 8.32. The lowest BCUT2D eigenvalue weighted by molar-refractivity contribution is -0.122. The first-order chi connectivity index (χ1) is 19.6. The normalized spacial score (nSPS) is 18.1. The van der Waals surface area contributed by atoms with Crippen LogP contribution in [0.3, 0.4) is 0 Å². The molecule has 0 bridgehead atoms. The molecule has 3 aliphatic rings. The highest BCUT2D eigenvalue weighted by Crippen LogP contribution is 2.32. The van der Waals surface area contributed by atoms with Crippen LogP contribution in [0.5, 0.6) is 5.75 Å². The maximum atomic E-state index is 13.1. The predicted octanol–water partition coefficient (Wildman–Crippen LogP) is 4.03. The molecule has 8 heteroatoms. The molecule has 2 fully saturated rings. The number of benzene rings is 2. The highest BCUT2D eigenvalue weighted by molar-refractivity contribution is 5.97. The number of unbranched alkanes of at least 4 members (excludes halogenated alkanes) is 2. The van der Waals surface area contributed by atoms with Gasteiger partial charge in [0.05, 0.1) is 13.2 Å². The Morgan fingerprint density at radius 1 is 0.875 bits per heavy atom. The minimum absolute atomic E-state index is 0.0298. The van der Waals surface area contributed by atoms with E-state index >= 15 is 0 Å². The largest absolute Gasteiger partial charge is 0.494 e. The van der Waals surface area contributed by atoms with Gasteiger partial charge in [-0.15, -0.1) is 0 Å². The van der Waals surface area contributed by atoms with E-state index in [1.165, 1.54) is 18.4 Å². The van der Waals surface area contributed by atoms with Gasteiger partial charge in [-0.3, -0.25) is 19.3 Å². The van der Waals surface area contributed by atoms with E-state index in [0.29, 0.717) is 44.8 Å². The van der Waals surface area contributed by atoms with Crippen molar-refractivity contribution in [2.24, 2.45) is 0 Å². The summed E-state index contributed by atoms with van der Waals surface area (Å²) in [5, 5.41) is 3.01. The number of piperidine rings is 1. The number of likely N-dealkylation sites (tertiary alicyclic amines) is 2. The Morgan fingerprint density at radius 3 is 2.40 bits per heavy atom. The van der Waals surface area contributed by atoms with Crippen LogP contribution in [0, 0.1) is 0 Å². The Labute approximate surface area is 237 Å². The highest BCUT2D eigenvalue weighted by Gasteiger charge is 2.33. The third-order valence-electron chi connectivity index (χ3n) is 8.32. The summed E-state index contributed by atoms with van der Waals surface area (Å²) in [7, 11) is 0. The van der Waals surface area contributed by atoms with Crippen LogP contribution in [0.4, 0.5) is 5.69 Å². The number of hydrogen-bond donors (Lipinski definition) is 1. The number of amides is 3. The van der Waals surface area contributed by atoms with Crippen LogP contribution in [0.1, 0.15) is 67.3 Å². The molecular weight excluding hydrogens is 504 g/mol. The minimum atomic E-state index is 0.0298. The molecule has 40 heavy (non-hydrogen) atoms. The maximum Gasteiger partial charge on any atom is 0.253 e. The Bertz CT molecular complexity index is 1150. The Morgan fingerprint density at radius 2 is 1.62 bits per heavy atom. The first kappa shape index (κ1) is 28.1. The molecule has 0 radical (unpaired) electrons. The number of anilines is 1. The molecule has 214 valence electrons. The molecule has 0 saturated carbocycles. The lowest BCUT2D eigenvalue weighted by Gasteiger charge is -2.41. The van der Waals surface area contributed by atoms with E-state index in [-0.39, 0.29) is 23.8 Å². The molecular formula is C32H42N4O4. The Hall–Kier alpha value is -3.39. The van der Waals surface area contributed by atoms with Gasteiger partial charge in [-0.05, 0) is 100 Å². The van der Waals surface area contributed by atoms with Crippen LogP contribution in [0.2, 0.25) is 0 Å². The van der Waals surface area contributed by atoms with Gasteiger partial charge in [0.1, 0.15) is 5.75 Å². The topological polar surface area (TPSA) is 82.2 Å². The fourth-order valence-electron chi connectivity index (χ4n) is 6.08. The van der Waals surface area contributed by atoms with Gasteiger partial charge in [-0.2, -0.15) is 0 Å². The van der Waals surface area contributed by atoms with E-state index in [4.69, 9.17) is 4.74 Å². The molecule has 0 atom stereocenters. The lowest BCUT2D eigenvalue weighted by atomic mass is 9.95. The number of ether oxygens (including phenoxy) is 1. The molecule has 0 unspecified atom stereocenters. The van der Waals surface area contributed by atoms with Crippen LogP contribution in [-0.4, -0.2) is 79.4 Å². The van der Waals surface area contributed by atoms with Crippen molar-refractivity contribution in [3.05, 3.63) is 59.7 Å².